The van der Waals surface area contributed by atoms with Gasteiger partial charge in [0, 0.05) is 42.8 Å². The summed E-state index contributed by atoms with van der Waals surface area (Å²) in [6, 6.07) is 19.9. The summed E-state index contributed by atoms with van der Waals surface area (Å²) in [6.07, 6.45) is 4.02. The Morgan fingerprint density at radius 2 is 1.71 bits per heavy atom. The summed E-state index contributed by atoms with van der Waals surface area (Å²) in [5.74, 6) is 1.97. The van der Waals surface area contributed by atoms with Crippen molar-refractivity contribution < 1.29 is 13.2 Å². The highest BCUT2D eigenvalue weighted by atomic mass is 32.2. The number of ether oxygens (including phenoxy) is 1. The van der Waals surface area contributed by atoms with Gasteiger partial charge in [-0.2, -0.15) is 0 Å². The van der Waals surface area contributed by atoms with Gasteiger partial charge in [0.05, 0.1) is 23.2 Å². The Morgan fingerprint density at radius 3 is 2.49 bits per heavy atom. The van der Waals surface area contributed by atoms with E-state index >= 15 is 0 Å². The fourth-order valence-corrected chi connectivity index (χ4v) is 5.27. The molecular formula is C26H27N5O3S. The number of aromatic nitrogens is 3. The lowest BCUT2D eigenvalue weighted by molar-refractivity contribution is 0.298. The van der Waals surface area contributed by atoms with Crippen LogP contribution >= 0.6 is 0 Å². The quantitative estimate of drug-likeness (QED) is 0.401. The molecule has 0 saturated carbocycles. The SMILES string of the molecule is O=S1(=O)CCN(CCc2cc3c(Nc4ccc(OCc5ccccc5)cc4)ncnc3cn2)CC1. The largest absolute Gasteiger partial charge is 0.489 e. The molecule has 1 aliphatic rings. The summed E-state index contributed by atoms with van der Waals surface area (Å²) >= 11 is 0. The van der Waals surface area contributed by atoms with E-state index in [1.807, 2.05) is 60.7 Å². The van der Waals surface area contributed by atoms with Gasteiger partial charge in [-0.05, 0) is 35.9 Å². The number of benzene rings is 2. The minimum Gasteiger partial charge on any atom is -0.489 e. The van der Waals surface area contributed by atoms with E-state index in [1.54, 1.807) is 6.20 Å². The van der Waals surface area contributed by atoms with Crippen LogP contribution in [0.4, 0.5) is 11.5 Å². The van der Waals surface area contributed by atoms with Crippen molar-refractivity contribution in [1.82, 2.24) is 19.9 Å². The van der Waals surface area contributed by atoms with Crippen LogP contribution in [0.5, 0.6) is 5.75 Å². The highest BCUT2D eigenvalue weighted by molar-refractivity contribution is 7.91. The third-order valence-corrected chi connectivity index (χ3v) is 7.67. The van der Waals surface area contributed by atoms with E-state index in [0.29, 0.717) is 25.5 Å². The van der Waals surface area contributed by atoms with Crippen LogP contribution in [0, 0.1) is 0 Å². The second kappa shape index (κ2) is 10.4. The molecule has 0 atom stereocenters. The number of nitrogens with one attached hydrogen (secondary N) is 1. The van der Waals surface area contributed by atoms with E-state index in [-0.39, 0.29) is 11.5 Å². The molecule has 5 rings (SSSR count). The highest BCUT2D eigenvalue weighted by Gasteiger charge is 2.21. The van der Waals surface area contributed by atoms with Crippen molar-refractivity contribution in [3.63, 3.8) is 0 Å². The van der Waals surface area contributed by atoms with Crippen LogP contribution in [0.25, 0.3) is 10.9 Å². The molecule has 35 heavy (non-hydrogen) atoms. The Kier molecular flexibility index (Phi) is 6.87. The van der Waals surface area contributed by atoms with Gasteiger partial charge in [0.25, 0.3) is 0 Å². The predicted molar refractivity (Wildman–Crippen MR) is 137 cm³/mol. The molecule has 8 nitrogen and oxygen atoms in total. The maximum absolute atomic E-state index is 11.6. The Bertz CT molecular complexity index is 1380. The minimum atomic E-state index is -2.87. The van der Waals surface area contributed by atoms with Crippen molar-refractivity contribution >= 4 is 32.2 Å². The van der Waals surface area contributed by atoms with E-state index in [0.717, 1.165) is 46.6 Å². The summed E-state index contributed by atoms with van der Waals surface area (Å²) in [5, 5.41) is 4.27. The lowest BCUT2D eigenvalue weighted by atomic mass is 10.2. The number of sulfone groups is 1. The highest BCUT2D eigenvalue weighted by Crippen LogP contribution is 2.25. The van der Waals surface area contributed by atoms with Gasteiger partial charge in [-0.15, -0.1) is 0 Å². The summed E-state index contributed by atoms with van der Waals surface area (Å²) in [6.45, 7) is 2.45. The molecule has 0 unspecified atom stereocenters. The first-order chi connectivity index (χ1) is 17.0. The van der Waals surface area contributed by atoms with Crippen LogP contribution in [0.15, 0.2) is 73.2 Å². The number of fused-ring (bicyclic) bond motifs is 1. The van der Waals surface area contributed by atoms with Gasteiger partial charge in [-0.1, -0.05) is 30.3 Å². The van der Waals surface area contributed by atoms with Crippen LogP contribution in [-0.4, -0.2) is 59.4 Å². The van der Waals surface area contributed by atoms with Crippen molar-refractivity contribution in [3.8, 4) is 5.75 Å². The fraction of sp³-hybridized carbons (Fsp3) is 0.269. The second-order valence-corrected chi connectivity index (χ2v) is 10.9. The molecule has 2 aromatic heterocycles. The first-order valence-electron chi connectivity index (χ1n) is 11.6. The molecule has 1 saturated heterocycles. The van der Waals surface area contributed by atoms with Crippen molar-refractivity contribution in [3.05, 3.63) is 84.4 Å². The zero-order valence-corrected chi connectivity index (χ0v) is 20.1. The first-order valence-corrected chi connectivity index (χ1v) is 13.4. The molecule has 1 fully saturated rings. The van der Waals surface area contributed by atoms with Gasteiger partial charge in [-0.25, -0.2) is 18.4 Å². The second-order valence-electron chi connectivity index (χ2n) is 8.58. The maximum Gasteiger partial charge on any atom is 0.152 e. The average Bonchev–Trinajstić information content (AvgIpc) is 2.88. The van der Waals surface area contributed by atoms with Crippen LogP contribution in [-0.2, 0) is 22.9 Å². The van der Waals surface area contributed by atoms with E-state index in [4.69, 9.17) is 4.74 Å². The molecule has 0 radical (unpaired) electrons. The normalized spacial score (nSPS) is 15.7. The van der Waals surface area contributed by atoms with Gasteiger partial charge in [0.15, 0.2) is 9.84 Å². The van der Waals surface area contributed by atoms with Crippen LogP contribution in [0.1, 0.15) is 11.3 Å². The molecule has 180 valence electrons. The molecular weight excluding hydrogens is 462 g/mol. The van der Waals surface area contributed by atoms with Gasteiger partial charge >= 0.3 is 0 Å². The van der Waals surface area contributed by atoms with Crippen molar-refractivity contribution in [1.29, 1.82) is 0 Å². The summed E-state index contributed by atoms with van der Waals surface area (Å²) in [5.41, 5.74) is 3.70. The van der Waals surface area contributed by atoms with Crippen molar-refractivity contribution in [2.45, 2.75) is 13.0 Å². The minimum absolute atomic E-state index is 0.232. The molecule has 0 aliphatic carbocycles. The van der Waals surface area contributed by atoms with Crippen molar-refractivity contribution in [2.75, 3.05) is 36.5 Å². The first kappa shape index (κ1) is 23.2. The Balaban J connectivity index is 1.24. The number of hydrogen-bond acceptors (Lipinski definition) is 8. The van der Waals surface area contributed by atoms with Gasteiger partial charge in [0.2, 0.25) is 0 Å². The maximum atomic E-state index is 11.6. The third-order valence-electron chi connectivity index (χ3n) is 6.06. The molecule has 1 N–H and O–H groups in total. The molecule has 2 aromatic carbocycles. The predicted octanol–water partition coefficient (Wildman–Crippen LogP) is 3.62. The Morgan fingerprint density at radius 1 is 0.943 bits per heavy atom. The lowest BCUT2D eigenvalue weighted by Crippen LogP contribution is -2.41. The summed E-state index contributed by atoms with van der Waals surface area (Å²) in [7, 11) is -2.87. The number of hydrogen-bond donors (Lipinski definition) is 1. The molecule has 1 aliphatic heterocycles. The smallest absolute Gasteiger partial charge is 0.152 e. The molecule has 0 amide bonds. The number of nitrogens with zero attached hydrogens (tertiary/aromatic N) is 4. The van der Waals surface area contributed by atoms with E-state index in [9.17, 15) is 8.42 Å². The third kappa shape index (κ3) is 6.12. The standard InChI is InChI=1S/C26H27N5O3S/c32-35(33)14-12-31(13-15-35)11-10-22-16-24-25(17-27-22)28-19-29-26(24)30-21-6-8-23(9-7-21)34-18-20-4-2-1-3-5-20/h1-9,16-17,19H,10-15,18H2,(H,28,29,30). The summed E-state index contributed by atoms with van der Waals surface area (Å²) in [4.78, 5) is 15.5. The molecule has 0 spiro atoms. The molecule has 9 heteroatoms. The Labute approximate surface area is 204 Å². The Hall–Kier alpha value is -3.56. The van der Waals surface area contributed by atoms with E-state index in [1.165, 1.54) is 6.33 Å². The zero-order valence-electron chi connectivity index (χ0n) is 19.3. The zero-order chi connectivity index (χ0) is 24.1. The van der Waals surface area contributed by atoms with Gasteiger partial charge in [-0.3, -0.25) is 4.98 Å². The molecule has 3 heterocycles. The monoisotopic (exact) mass is 489 g/mol. The van der Waals surface area contributed by atoms with Gasteiger partial charge < -0.3 is 15.0 Å². The fourth-order valence-electron chi connectivity index (χ4n) is 4.00. The van der Waals surface area contributed by atoms with E-state index < -0.39 is 9.84 Å². The van der Waals surface area contributed by atoms with Crippen LogP contribution < -0.4 is 10.1 Å². The van der Waals surface area contributed by atoms with Gasteiger partial charge in [0.1, 0.15) is 24.5 Å². The van der Waals surface area contributed by atoms with Crippen LogP contribution in [0.3, 0.4) is 0 Å². The number of pyridine rings is 1. The van der Waals surface area contributed by atoms with E-state index in [2.05, 4.69) is 25.2 Å². The number of rotatable bonds is 8. The molecule has 0 bridgehead atoms. The summed E-state index contributed by atoms with van der Waals surface area (Å²) < 4.78 is 29.2. The lowest BCUT2D eigenvalue weighted by Gasteiger charge is -2.26. The molecule has 4 aromatic rings. The number of anilines is 2. The topological polar surface area (TPSA) is 97.3 Å². The van der Waals surface area contributed by atoms with Crippen molar-refractivity contribution in [2.24, 2.45) is 0 Å². The van der Waals surface area contributed by atoms with Crippen LogP contribution in [0.2, 0.25) is 0 Å². The average molecular weight is 490 g/mol.